The summed E-state index contributed by atoms with van der Waals surface area (Å²) >= 11 is 0. The van der Waals surface area contributed by atoms with Gasteiger partial charge in [0.1, 0.15) is 0 Å². The molecule has 0 heterocycles. The SMILES string of the molecule is O=[PH](OCCOCCOCCO)OCCOCCOCCO. The molecule has 0 aliphatic rings. The zero-order valence-electron chi connectivity index (χ0n) is 12.7. The van der Waals surface area contributed by atoms with Gasteiger partial charge < -0.3 is 38.2 Å². The van der Waals surface area contributed by atoms with E-state index in [2.05, 4.69) is 0 Å². The molecule has 22 heavy (non-hydrogen) atoms. The van der Waals surface area contributed by atoms with Crippen LogP contribution in [0.2, 0.25) is 0 Å². The summed E-state index contributed by atoms with van der Waals surface area (Å²) in [5.41, 5.74) is 0. The van der Waals surface area contributed by atoms with E-state index in [4.69, 9.17) is 38.2 Å². The quantitative estimate of drug-likeness (QED) is 0.249. The third kappa shape index (κ3) is 18.0. The van der Waals surface area contributed by atoms with Gasteiger partial charge in [-0.15, -0.1) is 0 Å². The minimum atomic E-state index is -2.53. The van der Waals surface area contributed by atoms with E-state index in [1.165, 1.54) is 0 Å². The molecule has 0 atom stereocenters. The Balaban J connectivity index is 3.13. The summed E-state index contributed by atoms with van der Waals surface area (Å²) in [5.74, 6) is 0. The van der Waals surface area contributed by atoms with Crippen LogP contribution in [0.4, 0.5) is 0 Å². The summed E-state index contributed by atoms with van der Waals surface area (Å²) in [5, 5.41) is 16.9. The van der Waals surface area contributed by atoms with Crippen molar-refractivity contribution >= 4 is 8.25 Å². The molecule has 0 radical (unpaired) electrons. The Labute approximate surface area is 131 Å². The normalized spacial score (nSPS) is 11.4. The van der Waals surface area contributed by atoms with Crippen LogP contribution in [0.15, 0.2) is 0 Å². The first kappa shape index (κ1) is 21.9. The molecule has 0 rings (SSSR count). The maximum atomic E-state index is 11.3. The van der Waals surface area contributed by atoms with Crippen molar-refractivity contribution in [3.63, 3.8) is 0 Å². The lowest BCUT2D eigenvalue weighted by Crippen LogP contribution is -2.10. The van der Waals surface area contributed by atoms with Crippen molar-refractivity contribution in [1.29, 1.82) is 0 Å². The molecule has 0 fully saturated rings. The van der Waals surface area contributed by atoms with Crippen molar-refractivity contribution in [2.45, 2.75) is 0 Å². The van der Waals surface area contributed by atoms with Crippen LogP contribution in [0.5, 0.6) is 0 Å². The monoisotopic (exact) mass is 346 g/mol. The zero-order valence-corrected chi connectivity index (χ0v) is 13.7. The molecule has 0 spiro atoms. The maximum Gasteiger partial charge on any atom is 0.319 e. The van der Waals surface area contributed by atoms with Crippen LogP contribution >= 0.6 is 8.25 Å². The van der Waals surface area contributed by atoms with Gasteiger partial charge in [0.05, 0.1) is 79.3 Å². The topological polar surface area (TPSA) is 113 Å². The van der Waals surface area contributed by atoms with Crippen molar-refractivity contribution in [1.82, 2.24) is 0 Å². The van der Waals surface area contributed by atoms with Gasteiger partial charge in [-0.05, 0) is 0 Å². The van der Waals surface area contributed by atoms with Gasteiger partial charge in [-0.3, -0.25) is 4.57 Å². The van der Waals surface area contributed by atoms with Crippen LogP contribution in [0, 0.1) is 0 Å². The summed E-state index contributed by atoms with van der Waals surface area (Å²) in [4.78, 5) is 0. The predicted molar refractivity (Wildman–Crippen MR) is 78.4 cm³/mol. The van der Waals surface area contributed by atoms with Crippen molar-refractivity contribution in [3.8, 4) is 0 Å². The Morgan fingerprint density at radius 2 is 0.864 bits per heavy atom. The van der Waals surface area contributed by atoms with Crippen molar-refractivity contribution in [2.24, 2.45) is 0 Å². The molecule has 0 aliphatic carbocycles. The van der Waals surface area contributed by atoms with Crippen molar-refractivity contribution < 1.29 is 42.8 Å². The van der Waals surface area contributed by atoms with E-state index < -0.39 is 8.25 Å². The molecule has 0 aromatic carbocycles. The predicted octanol–water partition coefficient (Wildman–Crippen LogP) is -0.540. The summed E-state index contributed by atoms with van der Waals surface area (Å²) in [7, 11) is -2.53. The van der Waals surface area contributed by atoms with Gasteiger partial charge in [-0.1, -0.05) is 0 Å². The fourth-order valence-corrected chi connectivity index (χ4v) is 1.77. The highest BCUT2D eigenvalue weighted by atomic mass is 31.1. The minimum absolute atomic E-state index is 0.0121. The van der Waals surface area contributed by atoms with E-state index in [0.717, 1.165) is 0 Å². The molecule has 0 aromatic rings. The molecule has 0 aliphatic heterocycles. The van der Waals surface area contributed by atoms with Crippen molar-refractivity contribution in [2.75, 3.05) is 79.3 Å². The van der Waals surface area contributed by atoms with Crippen LogP contribution in [-0.4, -0.2) is 89.5 Å². The molecule has 10 heteroatoms. The number of hydrogen-bond acceptors (Lipinski definition) is 9. The Morgan fingerprint density at radius 3 is 1.23 bits per heavy atom. The summed E-state index contributed by atoms with van der Waals surface area (Å²) in [6.07, 6.45) is 0. The van der Waals surface area contributed by atoms with Gasteiger partial charge in [-0.2, -0.15) is 0 Å². The molecule has 0 amide bonds. The van der Waals surface area contributed by atoms with E-state index >= 15 is 0 Å². The average Bonchev–Trinajstić information content (AvgIpc) is 2.52. The number of aliphatic hydroxyl groups excluding tert-OH is 2. The number of ether oxygens (including phenoxy) is 4. The number of aliphatic hydroxyl groups is 2. The van der Waals surface area contributed by atoms with Gasteiger partial charge in [0.15, 0.2) is 0 Å². The molecule has 0 aromatic heterocycles. The Kier molecular flexibility index (Phi) is 18.9. The van der Waals surface area contributed by atoms with Crippen molar-refractivity contribution in [3.05, 3.63) is 0 Å². The summed E-state index contributed by atoms with van der Waals surface area (Å²) in [6, 6.07) is 0. The first-order valence-corrected chi connectivity index (χ1v) is 8.36. The molecule has 9 nitrogen and oxygen atoms in total. The van der Waals surface area contributed by atoms with E-state index in [1.807, 2.05) is 0 Å². The number of rotatable bonds is 18. The lowest BCUT2D eigenvalue weighted by atomic mass is 10.7. The Bertz CT molecular complexity index is 221. The average molecular weight is 346 g/mol. The van der Waals surface area contributed by atoms with Crippen LogP contribution in [0.1, 0.15) is 0 Å². The highest BCUT2D eigenvalue weighted by molar-refractivity contribution is 7.33. The van der Waals surface area contributed by atoms with E-state index in [-0.39, 0.29) is 39.6 Å². The molecule has 0 bridgehead atoms. The summed E-state index contributed by atoms with van der Waals surface area (Å²) < 4.78 is 41.5. The van der Waals surface area contributed by atoms with Crippen LogP contribution < -0.4 is 0 Å². The van der Waals surface area contributed by atoms with Gasteiger partial charge in [0.2, 0.25) is 0 Å². The lowest BCUT2D eigenvalue weighted by molar-refractivity contribution is 0.0188. The third-order valence-electron chi connectivity index (χ3n) is 2.11. The maximum absolute atomic E-state index is 11.3. The first-order chi connectivity index (χ1) is 10.8. The molecule has 0 saturated heterocycles. The van der Waals surface area contributed by atoms with Crippen LogP contribution in [0.25, 0.3) is 0 Å². The van der Waals surface area contributed by atoms with Gasteiger partial charge in [0.25, 0.3) is 0 Å². The van der Waals surface area contributed by atoms with Crippen LogP contribution in [0.3, 0.4) is 0 Å². The molecule has 0 saturated carbocycles. The highest BCUT2D eigenvalue weighted by Gasteiger charge is 2.00. The fraction of sp³-hybridized carbons (Fsp3) is 1.00. The molecular weight excluding hydrogens is 319 g/mol. The second-order valence-electron chi connectivity index (χ2n) is 3.84. The van der Waals surface area contributed by atoms with Gasteiger partial charge in [0, 0.05) is 0 Å². The Hall–Kier alpha value is -0.0900. The molecule has 0 unspecified atom stereocenters. The third-order valence-corrected chi connectivity index (χ3v) is 2.99. The largest absolute Gasteiger partial charge is 0.394 e. The van der Waals surface area contributed by atoms with E-state index in [9.17, 15) is 4.57 Å². The molecule has 2 N–H and O–H groups in total. The molecule has 134 valence electrons. The fourth-order valence-electron chi connectivity index (χ4n) is 1.18. The lowest BCUT2D eigenvalue weighted by Gasteiger charge is -2.07. The standard InChI is InChI=1S/C12H27O9P/c13-1-3-16-5-7-18-9-11-20-22(15)21-12-10-19-8-6-17-4-2-14/h13-14,22H,1-12H2. The summed E-state index contributed by atoms with van der Waals surface area (Å²) in [6.45, 7) is 3.05. The highest BCUT2D eigenvalue weighted by Crippen LogP contribution is 2.22. The van der Waals surface area contributed by atoms with E-state index in [1.54, 1.807) is 0 Å². The second-order valence-corrected chi connectivity index (χ2v) is 4.92. The smallest absolute Gasteiger partial charge is 0.319 e. The van der Waals surface area contributed by atoms with Gasteiger partial charge in [-0.25, -0.2) is 0 Å². The van der Waals surface area contributed by atoms with E-state index in [0.29, 0.717) is 39.6 Å². The van der Waals surface area contributed by atoms with Crippen LogP contribution in [-0.2, 0) is 32.6 Å². The number of hydrogen-bond donors (Lipinski definition) is 2. The zero-order chi connectivity index (χ0) is 16.3. The minimum Gasteiger partial charge on any atom is -0.394 e. The molecular formula is C12H27O9P. The Morgan fingerprint density at radius 1 is 0.545 bits per heavy atom. The first-order valence-electron chi connectivity index (χ1n) is 7.13. The second kappa shape index (κ2) is 19.0. The van der Waals surface area contributed by atoms with Gasteiger partial charge >= 0.3 is 8.25 Å².